The lowest BCUT2D eigenvalue weighted by Gasteiger charge is -2.08. The van der Waals surface area contributed by atoms with Crippen molar-refractivity contribution in [3.8, 4) is 46.1 Å². The van der Waals surface area contributed by atoms with Crippen LogP contribution in [0.2, 0.25) is 0 Å². The van der Waals surface area contributed by atoms with Gasteiger partial charge in [0.1, 0.15) is 5.75 Å². The Labute approximate surface area is 188 Å². The van der Waals surface area contributed by atoms with E-state index < -0.39 is 4.92 Å². The lowest BCUT2D eigenvalue weighted by Crippen LogP contribution is -1.90. The van der Waals surface area contributed by atoms with Gasteiger partial charge in [-0.1, -0.05) is 12.1 Å². The number of nitro groups is 1. The molecule has 0 spiro atoms. The fourth-order valence-electron chi connectivity index (χ4n) is 3.17. The number of benzene rings is 1. The molecule has 4 nitrogen and oxygen atoms in total. The number of hydrogen-bond donors (Lipinski definition) is 1. The van der Waals surface area contributed by atoms with Crippen molar-refractivity contribution < 1.29 is 10.0 Å². The smallest absolute Gasteiger partial charge is 0.271 e. The second kappa shape index (κ2) is 7.81. The molecule has 0 saturated heterocycles. The summed E-state index contributed by atoms with van der Waals surface area (Å²) in [4.78, 5) is 17.2. The van der Waals surface area contributed by atoms with Crippen LogP contribution in [-0.2, 0) is 0 Å². The third kappa shape index (κ3) is 3.48. The van der Waals surface area contributed by atoms with Crippen LogP contribution in [0.25, 0.3) is 40.4 Å². The highest BCUT2D eigenvalue weighted by Gasteiger charge is 2.21. The summed E-state index contributed by atoms with van der Waals surface area (Å²) in [6.07, 6.45) is 0. The van der Waals surface area contributed by atoms with Crippen LogP contribution in [0.1, 0.15) is 0 Å². The Kier molecular flexibility index (Phi) is 5.00. The molecule has 0 saturated carbocycles. The molecule has 148 valence electrons. The molecule has 0 radical (unpaired) electrons. The molecule has 0 amide bonds. The standard InChI is InChI=1S/C22H13NO3S4/c24-22-14(16-5-7-20(29-16)18-3-1-9-27-18)11-13(23(25)26)12-15(22)17-6-8-21(30-17)19-4-2-10-28-19/h1-12,24H. The number of phenolic OH excluding ortho intramolecular Hbond substituents is 1. The number of aromatic hydroxyl groups is 1. The van der Waals surface area contributed by atoms with E-state index in [-0.39, 0.29) is 11.4 Å². The lowest BCUT2D eigenvalue weighted by molar-refractivity contribution is -0.384. The molecule has 0 aliphatic rings. The van der Waals surface area contributed by atoms with E-state index >= 15 is 0 Å². The molecule has 4 aromatic heterocycles. The zero-order valence-electron chi connectivity index (χ0n) is 15.3. The van der Waals surface area contributed by atoms with Crippen molar-refractivity contribution in [3.05, 3.63) is 81.5 Å². The maximum absolute atomic E-state index is 11.6. The van der Waals surface area contributed by atoms with Gasteiger partial charge < -0.3 is 5.11 Å². The van der Waals surface area contributed by atoms with Gasteiger partial charge in [0, 0.05) is 52.5 Å². The van der Waals surface area contributed by atoms with E-state index in [1.165, 1.54) is 34.8 Å². The molecule has 0 aliphatic carbocycles. The first-order chi connectivity index (χ1) is 14.6. The van der Waals surface area contributed by atoms with Crippen molar-refractivity contribution in [2.24, 2.45) is 0 Å². The average Bonchev–Trinajstić information content (AvgIpc) is 3.55. The molecule has 30 heavy (non-hydrogen) atoms. The van der Waals surface area contributed by atoms with Gasteiger partial charge in [0.2, 0.25) is 0 Å². The molecular weight excluding hydrogens is 455 g/mol. The highest BCUT2D eigenvalue weighted by molar-refractivity contribution is 7.24. The second-order valence-corrected chi connectivity index (χ2v) is 10.5. The summed E-state index contributed by atoms with van der Waals surface area (Å²) in [5, 5.41) is 26.7. The number of phenols is 1. The van der Waals surface area contributed by atoms with E-state index in [0.29, 0.717) is 11.1 Å². The summed E-state index contributed by atoms with van der Waals surface area (Å²) < 4.78 is 0. The monoisotopic (exact) mass is 467 g/mol. The number of thiophene rings is 4. The largest absolute Gasteiger partial charge is 0.507 e. The first-order valence-electron chi connectivity index (χ1n) is 8.90. The van der Waals surface area contributed by atoms with Crippen LogP contribution in [0, 0.1) is 10.1 Å². The molecule has 0 aliphatic heterocycles. The van der Waals surface area contributed by atoms with Crippen molar-refractivity contribution in [2.45, 2.75) is 0 Å². The highest BCUT2D eigenvalue weighted by Crippen LogP contribution is 2.47. The molecule has 0 unspecified atom stereocenters. The van der Waals surface area contributed by atoms with Gasteiger partial charge in [-0.2, -0.15) is 0 Å². The van der Waals surface area contributed by atoms with Crippen LogP contribution in [0.3, 0.4) is 0 Å². The molecule has 0 fully saturated rings. The van der Waals surface area contributed by atoms with Gasteiger partial charge in [0.15, 0.2) is 0 Å². The second-order valence-electron chi connectivity index (χ2n) is 6.43. The first-order valence-corrected chi connectivity index (χ1v) is 12.3. The van der Waals surface area contributed by atoms with E-state index in [9.17, 15) is 15.2 Å². The van der Waals surface area contributed by atoms with Gasteiger partial charge in [-0.05, 0) is 47.2 Å². The molecule has 4 heterocycles. The van der Waals surface area contributed by atoms with Crippen molar-refractivity contribution in [2.75, 3.05) is 0 Å². The van der Waals surface area contributed by atoms with E-state index in [1.807, 2.05) is 59.3 Å². The molecule has 0 atom stereocenters. The van der Waals surface area contributed by atoms with Gasteiger partial charge >= 0.3 is 0 Å². The maximum Gasteiger partial charge on any atom is 0.271 e. The van der Waals surface area contributed by atoms with Crippen LogP contribution in [0.15, 0.2) is 71.4 Å². The van der Waals surface area contributed by atoms with E-state index in [4.69, 9.17) is 0 Å². The molecule has 1 aromatic carbocycles. The Bertz CT molecular complexity index is 1240. The first kappa shape index (κ1) is 19.2. The third-order valence-electron chi connectivity index (χ3n) is 4.58. The van der Waals surface area contributed by atoms with Crippen molar-refractivity contribution in [1.29, 1.82) is 0 Å². The number of nitro benzene ring substituents is 1. The lowest BCUT2D eigenvalue weighted by atomic mass is 10.0. The number of non-ortho nitro benzene ring substituents is 1. The SMILES string of the molecule is O=[N+]([O-])c1cc(-c2ccc(-c3cccs3)s2)c(O)c(-c2ccc(-c3cccs3)s2)c1. The number of nitrogens with zero attached hydrogens (tertiary/aromatic N) is 1. The summed E-state index contributed by atoms with van der Waals surface area (Å²) in [5.41, 5.74) is 0.936. The Morgan fingerprint density at radius 2 is 1.17 bits per heavy atom. The Morgan fingerprint density at radius 3 is 1.57 bits per heavy atom. The van der Waals surface area contributed by atoms with Crippen molar-refractivity contribution in [1.82, 2.24) is 0 Å². The topological polar surface area (TPSA) is 63.4 Å². The van der Waals surface area contributed by atoms with Gasteiger partial charge in [-0.15, -0.1) is 45.3 Å². The summed E-state index contributed by atoms with van der Waals surface area (Å²) >= 11 is 6.32. The molecule has 5 rings (SSSR count). The van der Waals surface area contributed by atoms with Crippen LogP contribution >= 0.6 is 45.3 Å². The molecular formula is C22H13NO3S4. The molecule has 8 heteroatoms. The Hall–Kier alpha value is -2.78. The summed E-state index contributed by atoms with van der Waals surface area (Å²) in [6.45, 7) is 0. The van der Waals surface area contributed by atoms with Gasteiger partial charge in [-0.3, -0.25) is 10.1 Å². The van der Waals surface area contributed by atoms with E-state index in [0.717, 1.165) is 29.3 Å². The predicted octanol–water partition coefficient (Wildman–Crippen LogP) is 8.21. The Morgan fingerprint density at radius 1 is 0.700 bits per heavy atom. The normalized spacial score (nSPS) is 11.1. The van der Waals surface area contributed by atoms with E-state index in [2.05, 4.69) is 0 Å². The summed E-state index contributed by atoms with van der Waals surface area (Å²) in [6, 6.07) is 18.8. The fraction of sp³-hybridized carbons (Fsp3) is 0. The minimum atomic E-state index is -0.409. The summed E-state index contributed by atoms with van der Waals surface area (Å²) in [5.74, 6) is 0.0692. The number of hydrogen-bond acceptors (Lipinski definition) is 7. The van der Waals surface area contributed by atoms with Gasteiger partial charge in [-0.25, -0.2) is 0 Å². The predicted molar refractivity (Wildman–Crippen MR) is 128 cm³/mol. The molecule has 1 N–H and O–H groups in total. The summed E-state index contributed by atoms with van der Waals surface area (Å²) in [7, 11) is 0. The van der Waals surface area contributed by atoms with Crippen LogP contribution in [0.5, 0.6) is 5.75 Å². The van der Waals surface area contributed by atoms with Crippen LogP contribution in [-0.4, -0.2) is 10.0 Å². The minimum Gasteiger partial charge on any atom is -0.507 e. The number of rotatable bonds is 5. The van der Waals surface area contributed by atoms with Crippen LogP contribution < -0.4 is 0 Å². The zero-order valence-corrected chi connectivity index (χ0v) is 18.5. The molecule has 5 aromatic rings. The quantitative estimate of drug-likeness (QED) is 0.209. The average molecular weight is 468 g/mol. The van der Waals surface area contributed by atoms with Crippen molar-refractivity contribution in [3.63, 3.8) is 0 Å². The highest BCUT2D eigenvalue weighted by atomic mass is 32.1. The zero-order chi connectivity index (χ0) is 20.7. The van der Waals surface area contributed by atoms with E-state index in [1.54, 1.807) is 22.7 Å². The third-order valence-corrected chi connectivity index (χ3v) is 8.94. The van der Waals surface area contributed by atoms with Gasteiger partial charge in [0.05, 0.1) is 4.92 Å². The maximum atomic E-state index is 11.6. The van der Waals surface area contributed by atoms with Crippen molar-refractivity contribution >= 4 is 51.0 Å². The van der Waals surface area contributed by atoms with Crippen LogP contribution in [0.4, 0.5) is 5.69 Å². The fourth-order valence-corrected chi connectivity index (χ4v) is 6.88. The molecule has 0 bridgehead atoms. The Balaban J connectivity index is 1.63. The van der Waals surface area contributed by atoms with Gasteiger partial charge in [0.25, 0.3) is 5.69 Å². The minimum absolute atomic E-state index is 0.0325.